The second-order valence-corrected chi connectivity index (χ2v) is 4.54. The molecule has 0 amide bonds. The van der Waals surface area contributed by atoms with Crippen LogP contribution in [-0.2, 0) is 0 Å². The number of benzene rings is 1. The molecule has 0 saturated heterocycles. The van der Waals surface area contributed by atoms with Crippen molar-refractivity contribution in [2.75, 3.05) is 12.0 Å². The molecule has 6 heteroatoms. The predicted molar refractivity (Wildman–Crippen MR) is 70.8 cm³/mol. The van der Waals surface area contributed by atoms with E-state index < -0.39 is 0 Å². The van der Waals surface area contributed by atoms with E-state index in [-0.39, 0.29) is 0 Å². The topological polar surface area (TPSA) is 52.0 Å². The van der Waals surface area contributed by atoms with Crippen LogP contribution in [0, 0.1) is 0 Å². The molecule has 0 unspecified atom stereocenters. The first-order valence-electron chi connectivity index (χ1n) is 5.64. The third-order valence-electron chi connectivity index (χ3n) is 2.52. The van der Waals surface area contributed by atoms with Gasteiger partial charge < -0.3 is 4.74 Å². The van der Waals surface area contributed by atoms with Crippen molar-refractivity contribution in [2.45, 2.75) is 12.1 Å². The van der Waals surface area contributed by atoms with Crippen molar-refractivity contribution in [3.8, 4) is 5.75 Å². The molecule has 1 aromatic carbocycles. The third-order valence-corrected chi connectivity index (χ3v) is 3.36. The zero-order valence-corrected chi connectivity index (χ0v) is 10.6. The molecule has 2 heterocycles. The number of hydrogen-bond donors (Lipinski definition) is 1. The molecule has 0 radical (unpaired) electrons. The van der Waals surface area contributed by atoms with E-state index in [1.807, 2.05) is 36.6 Å². The number of hydrogen-bond acceptors (Lipinski definition) is 5. The van der Waals surface area contributed by atoms with Gasteiger partial charge in [0.25, 0.3) is 0 Å². The molecule has 0 fully saturated rings. The molecule has 3 rings (SSSR count). The van der Waals surface area contributed by atoms with Crippen molar-refractivity contribution in [3.63, 3.8) is 0 Å². The van der Waals surface area contributed by atoms with E-state index in [0.717, 1.165) is 22.2 Å². The fourth-order valence-corrected chi connectivity index (χ4v) is 2.39. The zero-order valence-electron chi connectivity index (χ0n) is 9.83. The van der Waals surface area contributed by atoms with Gasteiger partial charge in [-0.3, -0.25) is 5.43 Å². The van der Waals surface area contributed by atoms with Crippen molar-refractivity contribution in [1.82, 2.24) is 14.9 Å². The molecule has 92 valence electrons. The Labute approximate surface area is 109 Å². The molecule has 2 aromatic rings. The number of fused-ring (bicyclic) bond motifs is 1. The fourth-order valence-electron chi connectivity index (χ4n) is 1.68. The van der Waals surface area contributed by atoms with Crippen LogP contribution in [-0.4, -0.2) is 21.5 Å². The van der Waals surface area contributed by atoms with Crippen LogP contribution >= 0.6 is 11.8 Å². The molecule has 18 heavy (non-hydrogen) atoms. The fraction of sp³-hybridized carbons (Fsp3) is 0.167. The summed E-state index contributed by atoms with van der Waals surface area (Å²) in [5.74, 6) is 0.885. The number of thioether (sulfide) groups is 1. The SMILES string of the molecule is CCOc1ccc(C2=CSc3nncn3N2)cc1. The van der Waals surface area contributed by atoms with Crippen molar-refractivity contribution < 1.29 is 4.74 Å². The molecule has 1 N–H and O–H groups in total. The van der Waals surface area contributed by atoms with Crippen LogP contribution in [0.5, 0.6) is 5.75 Å². The maximum absolute atomic E-state index is 5.42. The van der Waals surface area contributed by atoms with E-state index in [1.165, 1.54) is 0 Å². The van der Waals surface area contributed by atoms with Crippen LogP contribution in [0.25, 0.3) is 5.70 Å². The Kier molecular flexibility index (Phi) is 2.93. The van der Waals surface area contributed by atoms with E-state index in [2.05, 4.69) is 15.6 Å². The van der Waals surface area contributed by atoms with E-state index in [0.29, 0.717) is 6.61 Å². The van der Waals surface area contributed by atoms with Crippen LogP contribution in [0.3, 0.4) is 0 Å². The Hall–Kier alpha value is -1.95. The standard InChI is InChI=1S/C12H12N4OS/c1-2-17-10-5-3-9(4-6-10)11-7-18-12-14-13-8-16(12)15-11/h3-8,15H,2H2,1H3. The number of nitrogens with zero attached hydrogens (tertiary/aromatic N) is 3. The Morgan fingerprint density at radius 3 is 2.94 bits per heavy atom. The van der Waals surface area contributed by atoms with Crippen molar-refractivity contribution in [3.05, 3.63) is 41.6 Å². The normalized spacial score (nSPS) is 13.5. The van der Waals surface area contributed by atoms with Crippen molar-refractivity contribution >= 4 is 17.5 Å². The first kappa shape index (κ1) is 11.2. The summed E-state index contributed by atoms with van der Waals surface area (Å²) >= 11 is 1.55. The van der Waals surface area contributed by atoms with Gasteiger partial charge in [-0.1, -0.05) is 11.8 Å². The van der Waals surface area contributed by atoms with Gasteiger partial charge >= 0.3 is 0 Å². The highest BCUT2D eigenvalue weighted by atomic mass is 32.2. The van der Waals surface area contributed by atoms with E-state index in [1.54, 1.807) is 22.8 Å². The lowest BCUT2D eigenvalue weighted by Crippen LogP contribution is -2.16. The molecule has 0 saturated carbocycles. The zero-order chi connectivity index (χ0) is 12.4. The first-order valence-corrected chi connectivity index (χ1v) is 6.52. The smallest absolute Gasteiger partial charge is 0.214 e. The summed E-state index contributed by atoms with van der Waals surface area (Å²) in [6.45, 7) is 2.66. The maximum atomic E-state index is 5.42. The summed E-state index contributed by atoms with van der Waals surface area (Å²) in [6.07, 6.45) is 1.66. The summed E-state index contributed by atoms with van der Waals surface area (Å²) in [7, 11) is 0. The second kappa shape index (κ2) is 4.73. The molecule has 0 atom stereocenters. The molecule has 5 nitrogen and oxygen atoms in total. The highest BCUT2D eigenvalue weighted by Crippen LogP contribution is 2.27. The Morgan fingerprint density at radius 1 is 1.33 bits per heavy atom. The van der Waals surface area contributed by atoms with E-state index in [9.17, 15) is 0 Å². The van der Waals surface area contributed by atoms with Crippen LogP contribution < -0.4 is 10.2 Å². The summed E-state index contributed by atoms with van der Waals surface area (Å²) in [4.78, 5) is 0. The molecular weight excluding hydrogens is 248 g/mol. The largest absolute Gasteiger partial charge is 0.494 e. The lowest BCUT2D eigenvalue weighted by molar-refractivity contribution is 0.340. The number of nitrogens with one attached hydrogen (secondary N) is 1. The highest BCUT2D eigenvalue weighted by molar-refractivity contribution is 8.02. The van der Waals surface area contributed by atoms with Crippen LogP contribution in [0.15, 0.2) is 41.2 Å². The van der Waals surface area contributed by atoms with Gasteiger partial charge in [-0.05, 0) is 31.2 Å². The predicted octanol–water partition coefficient (Wildman–Crippen LogP) is 2.32. The molecule has 0 bridgehead atoms. The number of rotatable bonds is 3. The Morgan fingerprint density at radius 2 is 2.17 bits per heavy atom. The van der Waals surface area contributed by atoms with Crippen LogP contribution in [0.4, 0.5) is 0 Å². The van der Waals surface area contributed by atoms with E-state index in [4.69, 9.17) is 4.74 Å². The van der Waals surface area contributed by atoms with Gasteiger partial charge in [0.15, 0.2) is 0 Å². The quantitative estimate of drug-likeness (QED) is 0.918. The Balaban J connectivity index is 1.81. The van der Waals surface area contributed by atoms with Crippen molar-refractivity contribution in [1.29, 1.82) is 0 Å². The molecule has 0 aliphatic carbocycles. The summed E-state index contributed by atoms with van der Waals surface area (Å²) in [5, 5.41) is 10.7. The molecule has 1 aromatic heterocycles. The molecule has 0 spiro atoms. The number of ether oxygens (including phenoxy) is 1. The van der Waals surface area contributed by atoms with Crippen molar-refractivity contribution in [2.24, 2.45) is 0 Å². The average Bonchev–Trinajstić information content (AvgIpc) is 2.87. The third kappa shape index (κ3) is 2.06. The van der Waals surface area contributed by atoms with Crippen LogP contribution in [0.1, 0.15) is 12.5 Å². The summed E-state index contributed by atoms with van der Waals surface area (Å²) in [5.41, 5.74) is 5.36. The van der Waals surface area contributed by atoms with Gasteiger partial charge in [-0.25, -0.2) is 4.68 Å². The molecule has 1 aliphatic heterocycles. The minimum Gasteiger partial charge on any atom is -0.494 e. The molecular formula is C12H12N4OS. The molecule has 1 aliphatic rings. The second-order valence-electron chi connectivity index (χ2n) is 3.70. The lowest BCUT2D eigenvalue weighted by Gasteiger charge is -2.17. The van der Waals surface area contributed by atoms with Gasteiger partial charge in [-0.2, -0.15) is 0 Å². The monoisotopic (exact) mass is 260 g/mol. The first-order chi connectivity index (χ1) is 8.86. The Bertz CT molecular complexity index is 576. The van der Waals surface area contributed by atoms with Gasteiger partial charge in [0.05, 0.1) is 12.3 Å². The minimum absolute atomic E-state index is 0.681. The van der Waals surface area contributed by atoms with E-state index >= 15 is 0 Å². The minimum atomic E-state index is 0.681. The summed E-state index contributed by atoms with van der Waals surface area (Å²) in [6, 6.07) is 7.99. The van der Waals surface area contributed by atoms with Gasteiger partial charge in [0.2, 0.25) is 5.16 Å². The van der Waals surface area contributed by atoms with Crippen LogP contribution in [0.2, 0.25) is 0 Å². The highest BCUT2D eigenvalue weighted by Gasteiger charge is 2.12. The maximum Gasteiger partial charge on any atom is 0.214 e. The summed E-state index contributed by atoms with van der Waals surface area (Å²) < 4.78 is 7.22. The number of aromatic nitrogens is 3. The van der Waals surface area contributed by atoms with Gasteiger partial charge in [0.1, 0.15) is 12.1 Å². The average molecular weight is 260 g/mol. The lowest BCUT2D eigenvalue weighted by atomic mass is 10.2. The van der Waals surface area contributed by atoms with Gasteiger partial charge in [-0.15, -0.1) is 10.2 Å². The van der Waals surface area contributed by atoms with Gasteiger partial charge in [0, 0.05) is 11.0 Å².